The SMILES string of the molecule is CCOC(=O)CCCCC(CO)CCc1ccc(C#N)cc1. The number of hydrogen-bond donors (Lipinski definition) is 1. The first-order valence-electron chi connectivity index (χ1n) is 7.95. The molecule has 1 unspecified atom stereocenters. The van der Waals surface area contributed by atoms with Crippen LogP contribution in [0.2, 0.25) is 0 Å². The lowest BCUT2D eigenvalue weighted by atomic mass is 9.94. The fourth-order valence-corrected chi connectivity index (χ4v) is 2.38. The predicted octanol–water partition coefficient (Wildman–Crippen LogP) is 3.22. The Morgan fingerprint density at radius 2 is 2.00 bits per heavy atom. The van der Waals surface area contributed by atoms with Crippen LogP contribution in [0.15, 0.2) is 24.3 Å². The smallest absolute Gasteiger partial charge is 0.305 e. The van der Waals surface area contributed by atoms with Gasteiger partial charge in [0.05, 0.1) is 18.2 Å². The van der Waals surface area contributed by atoms with Gasteiger partial charge >= 0.3 is 5.97 Å². The number of ether oxygens (including phenoxy) is 1. The molecule has 0 aliphatic carbocycles. The maximum Gasteiger partial charge on any atom is 0.305 e. The van der Waals surface area contributed by atoms with Gasteiger partial charge in [-0.15, -0.1) is 0 Å². The molecule has 0 fully saturated rings. The van der Waals surface area contributed by atoms with Crippen molar-refractivity contribution in [2.45, 2.75) is 45.4 Å². The summed E-state index contributed by atoms with van der Waals surface area (Å²) in [6, 6.07) is 9.68. The standard InChI is InChI=1S/C18H25NO3/c1-2-22-18(21)6-4-3-5-17(14-20)12-9-15-7-10-16(13-19)11-8-15/h7-8,10-11,17,20H,2-6,9,12,14H2,1H3. The van der Waals surface area contributed by atoms with Gasteiger partial charge in [0.2, 0.25) is 0 Å². The summed E-state index contributed by atoms with van der Waals surface area (Å²) in [4.78, 5) is 11.2. The van der Waals surface area contributed by atoms with Crippen LogP contribution in [0.1, 0.15) is 50.2 Å². The average molecular weight is 303 g/mol. The molecule has 1 aromatic rings. The quantitative estimate of drug-likeness (QED) is 0.532. The van der Waals surface area contributed by atoms with E-state index in [1.54, 1.807) is 0 Å². The van der Waals surface area contributed by atoms with Gasteiger partial charge in [-0.2, -0.15) is 5.26 Å². The Kier molecular flexibility index (Phi) is 8.94. The first-order valence-corrected chi connectivity index (χ1v) is 7.95. The van der Waals surface area contributed by atoms with E-state index in [1.807, 2.05) is 31.2 Å². The zero-order valence-corrected chi connectivity index (χ0v) is 13.3. The lowest BCUT2D eigenvalue weighted by Crippen LogP contribution is -2.08. The second-order valence-electron chi connectivity index (χ2n) is 5.45. The summed E-state index contributed by atoms with van der Waals surface area (Å²) >= 11 is 0. The minimum atomic E-state index is -0.138. The third kappa shape index (κ3) is 7.24. The van der Waals surface area contributed by atoms with Crippen LogP contribution in [0.25, 0.3) is 0 Å². The molecule has 1 aromatic carbocycles. The highest BCUT2D eigenvalue weighted by atomic mass is 16.5. The maximum atomic E-state index is 11.2. The molecule has 4 nitrogen and oxygen atoms in total. The minimum absolute atomic E-state index is 0.138. The molecule has 1 N–H and O–H groups in total. The van der Waals surface area contributed by atoms with Crippen LogP contribution in [0.3, 0.4) is 0 Å². The Balaban J connectivity index is 2.24. The molecular weight excluding hydrogens is 278 g/mol. The Labute approximate surface area is 132 Å². The van der Waals surface area contributed by atoms with Crippen molar-refractivity contribution in [3.05, 3.63) is 35.4 Å². The van der Waals surface area contributed by atoms with Crippen LogP contribution in [0, 0.1) is 17.2 Å². The molecular formula is C18H25NO3. The summed E-state index contributed by atoms with van der Waals surface area (Å²) in [6.45, 7) is 2.42. The van der Waals surface area contributed by atoms with Gasteiger partial charge in [0.25, 0.3) is 0 Å². The number of benzene rings is 1. The third-order valence-electron chi connectivity index (χ3n) is 3.73. The van der Waals surface area contributed by atoms with E-state index >= 15 is 0 Å². The second-order valence-corrected chi connectivity index (χ2v) is 5.45. The lowest BCUT2D eigenvalue weighted by Gasteiger charge is -2.13. The second kappa shape index (κ2) is 10.8. The van der Waals surface area contributed by atoms with E-state index in [1.165, 1.54) is 5.56 Å². The van der Waals surface area contributed by atoms with Crippen molar-refractivity contribution in [3.8, 4) is 6.07 Å². The molecule has 4 heteroatoms. The fraction of sp³-hybridized carbons (Fsp3) is 0.556. The van der Waals surface area contributed by atoms with Crippen LogP contribution in [-0.4, -0.2) is 24.3 Å². The molecule has 1 rings (SSSR count). The van der Waals surface area contributed by atoms with E-state index in [0.29, 0.717) is 18.6 Å². The van der Waals surface area contributed by atoms with Crippen molar-refractivity contribution in [2.24, 2.45) is 5.92 Å². The van der Waals surface area contributed by atoms with Crippen LogP contribution in [-0.2, 0) is 16.0 Å². The van der Waals surface area contributed by atoms with E-state index in [4.69, 9.17) is 10.00 Å². The number of unbranched alkanes of at least 4 members (excludes halogenated alkanes) is 1. The molecule has 0 bridgehead atoms. The predicted molar refractivity (Wildman–Crippen MR) is 85.2 cm³/mol. The fourth-order valence-electron chi connectivity index (χ4n) is 2.38. The normalized spacial score (nSPS) is 11.7. The van der Waals surface area contributed by atoms with Crippen molar-refractivity contribution in [2.75, 3.05) is 13.2 Å². The van der Waals surface area contributed by atoms with Gasteiger partial charge in [-0.3, -0.25) is 4.79 Å². The van der Waals surface area contributed by atoms with Crippen molar-refractivity contribution in [3.63, 3.8) is 0 Å². The number of aryl methyl sites for hydroxylation is 1. The molecule has 0 amide bonds. The zero-order valence-electron chi connectivity index (χ0n) is 13.3. The largest absolute Gasteiger partial charge is 0.466 e. The summed E-state index contributed by atoms with van der Waals surface area (Å²) in [5, 5.41) is 18.2. The van der Waals surface area contributed by atoms with Crippen molar-refractivity contribution < 1.29 is 14.6 Å². The van der Waals surface area contributed by atoms with Gasteiger partial charge in [-0.25, -0.2) is 0 Å². The summed E-state index contributed by atoms with van der Waals surface area (Å²) < 4.78 is 4.89. The molecule has 0 aliphatic heterocycles. The maximum absolute atomic E-state index is 11.2. The van der Waals surface area contributed by atoms with Gasteiger partial charge in [0.15, 0.2) is 0 Å². The Hall–Kier alpha value is -1.86. The molecule has 0 heterocycles. The number of hydrogen-bond acceptors (Lipinski definition) is 4. The van der Waals surface area contributed by atoms with Crippen molar-refractivity contribution in [1.29, 1.82) is 5.26 Å². The van der Waals surface area contributed by atoms with E-state index < -0.39 is 0 Å². The number of carbonyl (C=O) groups is 1. The van der Waals surface area contributed by atoms with Crippen molar-refractivity contribution in [1.82, 2.24) is 0 Å². The molecule has 0 saturated heterocycles. The molecule has 1 atom stereocenters. The third-order valence-corrected chi connectivity index (χ3v) is 3.73. The molecule has 22 heavy (non-hydrogen) atoms. The summed E-state index contributed by atoms with van der Waals surface area (Å²) in [7, 11) is 0. The van der Waals surface area contributed by atoms with Crippen molar-refractivity contribution >= 4 is 5.97 Å². The van der Waals surface area contributed by atoms with Crippen LogP contribution >= 0.6 is 0 Å². The Morgan fingerprint density at radius 1 is 1.27 bits per heavy atom. The van der Waals surface area contributed by atoms with Gasteiger partial charge in [0, 0.05) is 13.0 Å². The first kappa shape index (κ1) is 18.2. The Bertz CT molecular complexity index is 476. The number of esters is 1. The van der Waals surface area contributed by atoms with Gasteiger partial charge < -0.3 is 9.84 Å². The highest BCUT2D eigenvalue weighted by Gasteiger charge is 2.09. The first-order chi connectivity index (χ1) is 10.7. The highest BCUT2D eigenvalue weighted by Crippen LogP contribution is 2.17. The van der Waals surface area contributed by atoms with Gasteiger partial charge in [-0.05, 0) is 56.2 Å². The monoisotopic (exact) mass is 303 g/mol. The van der Waals surface area contributed by atoms with E-state index in [-0.39, 0.29) is 18.5 Å². The molecule has 0 saturated carbocycles. The van der Waals surface area contributed by atoms with E-state index in [2.05, 4.69) is 6.07 Å². The van der Waals surface area contributed by atoms with Gasteiger partial charge in [0.1, 0.15) is 0 Å². The molecule has 0 radical (unpaired) electrons. The number of aliphatic hydroxyl groups is 1. The highest BCUT2D eigenvalue weighted by molar-refractivity contribution is 5.69. The average Bonchev–Trinajstić information content (AvgIpc) is 2.55. The molecule has 0 aromatic heterocycles. The molecule has 0 spiro atoms. The topological polar surface area (TPSA) is 70.3 Å². The number of aliphatic hydroxyl groups excluding tert-OH is 1. The van der Waals surface area contributed by atoms with E-state index in [0.717, 1.165) is 32.1 Å². The molecule has 0 aliphatic rings. The summed E-state index contributed by atoms with van der Waals surface area (Å²) in [6.07, 6.45) is 4.94. The number of rotatable bonds is 10. The minimum Gasteiger partial charge on any atom is -0.466 e. The van der Waals surface area contributed by atoms with Crippen LogP contribution in [0.5, 0.6) is 0 Å². The molecule has 120 valence electrons. The van der Waals surface area contributed by atoms with Crippen LogP contribution < -0.4 is 0 Å². The lowest BCUT2D eigenvalue weighted by molar-refractivity contribution is -0.143. The zero-order chi connectivity index (χ0) is 16.2. The summed E-state index contributed by atoms with van der Waals surface area (Å²) in [5.74, 6) is 0.124. The Morgan fingerprint density at radius 3 is 2.59 bits per heavy atom. The summed E-state index contributed by atoms with van der Waals surface area (Å²) in [5.41, 5.74) is 1.85. The number of nitrogens with zero attached hydrogens (tertiary/aromatic N) is 1. The van der Waals surface area contributed by atoms with E-state index in [9.17, 15) is 9.90 Å². The number of carbonyl (C=O) groups excluding carboxylic acids is 1. The van der Waals surface area contributed by atoms with Crippen LogP contribution in [0.4, 0.5) is 0 Å². The number of nitriles is 1. The van der Waals surface area contributed by atoms with Gasteiger partial charge in [-0.1, -0.05) is 18.6 Å².